The molecular formula is C12H20N2O2. The van der Waals surface area contributed by atoms with Crippen molar-refractivity contribution in [2.24, 2.45) is 17.8 Å². The molecule has 90 valence electrons. The maximum atomic E-state index is 12.0. The highest BCUT2D eigenvalue weighted by Crippen LogP contribution is 2.57. The molecule has 2 saturated carbocycles. The van der Waals surface area contributed by atoms with E-state index in [1.54, 1.807) is 7.11 Å². The van der Waals surface area contributed by atoms with E-state index >= 15 is 0 Å². The van der Waals surface area contributed by atoms with Gasteiger partial charge in [-0.05, 0) is 24.7 Å². The van der Waals surface area contributed by atoms with Crippen LogP contribution in [-0.2, 0) is 9.53 Å². The van der Waals surface area contributed by atoms with Crippen LogP contribution < -0.4 is 10.6 Å². The zero-order valence-corrected chi connectivity index (χ0v) is 9.74. The molecule has 0 aromatic carbocycles. The molecule has 2 N–H and O–H groups in total. The summed E-state index contributed by atoms with van der Waals surface area (Å²) in [4.78, 5) is 12.0. The van der Waals surface area contributed by atoms with Crippen LogP contribution in [0.2, 0.25) is 0 Å². The first-order valence-corrected chi connectivity index (χ1v) is 6.35. The number of fused-ring (bicyclic) bond motifs is 1. The molecule has 2 aliphatic carbocycles. The molecule has 4 atom stereocenters. The number of nitrogens with one attached hydrogen (secondary N) is 2. The Morgan fingerprint density at radius 3 is 2.75 bits per heavy atom. The molecule has 3 rings (SSSR count). The second-order valence-corrected chi connectivity index (χ2v) is 5.33. The van der Waals surface area contributed by atoms with Crippen LogP contribution in [0.3, 0.4) is 0 Å². The van der Waals surface area contributed by atoms with Gasteiger partial charge in [-0.3, -0.25) is 4.79 Å². The van der Waals surface area contributed by atoms with Crippen molar-refractivity contribution < 1.29 is 9.53 Å². The van der Waals surface area contributed by atoms with Gasteiger partial charge in [-0.2, -0.15) is 0 Å². The van der Waals surface area contributed by atoms with Crippen LogP contribution in [0.15, 0.2) is 0 Å². The largest absolute Gasteiger partial charge is 0.378 e. The van der Waals surface area contributed by atoms with E-state index in [1.807, 2.05) is 0 Å². The first-order valence-electron chi connectivity index (χ1n) is 6.35. The third kappa shape index (κ3) is 1.64. The van der Waals surface area contributed by atoms with Gasteiger partial charge in [0.2, 0.25) is 5.91 Å². The van der Waals surface area contributed by atoms with E-state index in [0.717, 1.165) is 13.1 Å². The van der Waals surface area contributed by atoms with Gasteiger partial charge in [0.15, 0.2) is 0 Å². The average molecular weight is 224 g/mol. The lowest BCUT2D eigenvalue weighted by molar-refractivity contribution is -0.124. The highest BCUT2D eigenvalue weighted by atomic mass is 16.5. The fraction of sp³-hybridized carbons (Fsp3) is 0.917. The van der Waals surface area contributed by atoms with Crippen LogP contribution in [0.1, 0.15) is 19.3 Å². The smallest absolute Gasteiger partial charge is 0.224 e. The average Bonchev–Trinajstić information content (AvgIpc) is 2.71. The number of ether oxygens (including phenoxy) is 1. The van der Waals surface area contributed by atoms with Crippen molar-refractivity contribution >= 4 is 5.91 Å². The van der Waals surface area contributed by atoms with Crippen molar-refractivity contribution in [3.05, 3.63) is 0 Å². The Labute approximate surface area is 96.1 Å². The van der Waals surface area contributed by atoms with Crippen LogP contribution in [0.5, 0.6) is 0 Å². The van der Waals surface area contributed by atoms with Crippen LogP contribution >= 0.6 is 0 Å². The first kappa shape index (κ1) is 10.5. The fourth-order valence-electron chi connectivity index (χ4n) is 3.54. The van der Waals surface area contributed by atoms with Gasteiger partial charge < -0.3 is 15.4 Å². The summed E-state index contributed by atoms with van der Waals surface area (Å²) in [6.07, 6.45) is 3.99. The number of carbonyl (C=O) groups is 1. The van der Waals surface area contributed by atoms with Crippen molar-refractivity contribution in [1.29, 1.82) is 0 Å². The molecule has 4 nitrogen and oxygen atoms in total. The van der Waals surface area contributed by atoms with E-state index in [1.165, 1.54) is 19.3 Å². The molecule has 0 radical (unpaired) electrons. The molecule has 1 saturated heterocycles. The Bertz CT molecular complexity index is 285. The molecule has 1 amide bonds. The summed E-state index contributed by atoms with van der Waals surface area (Å²) in [5.74, 6) is 2.00. The van der Waals surface area contributed by atoms with Crippen molar-refractivity contribution in [3.63, 3.8) is 0 Å². The van der Waals surface area contributed by atoms with Gasteiger partial charge in [-0.1, -0.05) is 6.42 Å². The Morgan fingerprint density at radius 1 is 1.31 bits per heavy atom. The van der Waals surface area contributed by atoms with E-state index < -0.39 is 0 Å². The maximum Gasteiger partial charge on any atom is 0.224 e. The molecule has 3 unspecified atom stereocenters. The third-order valence-corrected chi connectivity index (χ3v) is 4.50. The number of amides is 1. The highest BCUT2D eigenvalue weighted by Gasteiger charge is 2.56. The molecule has 0 bridgehead atoms. The van der Waals surface area contributed by atoms with Crippen LogP contribution in [-0.4, -0.2) is 38.3 Å². The van der Waals surface area contributed by atoms with E-state index in [-0.39, 0.29) is 18.1 Å². The molecule has 0 spiro atoms. The molecule has 3 fully saturated rings. The predicted octanol–water partition coefficient (Wildman–Crippen LogP) is 0.135. The quantitative estimate of drug-likeness (QED) is 0.717. The second-order valence-electron chi connectivity index (χ2n) is 5.33. The summed E-state index contributed by atoms with van der Waals surface area (Å²) in [5, 5.41) is 6.39. The van der Waals surface area contributed by atoms with Gasteiger partial charge in [0, 0.05) is 26.1 Å². The summed E-state index contributed by atoms with van der Waals surface area (Å²) < 4.78 is 5.34. The van der Waals surface area contributed by atoms with Crippen LogP contribution in [0.25, 0.3) is 0 Å². The number of methoxy groups -OCH3 is 1. The van der Waals surface area contributed by atoms with Crippen molar-refractivity contribution in [1.82, 2.24) is 10.6 Å². The number of rotatable bonds is 3. The van der Waals surface area contributed by atoms with Gasteiger partial charge in [0.05, 0.1) is 12.1 Å². The summed E-state index contributed by atoms with van der Waals surface area (Å²) in [5.41, 5.74) is 0. The first-order chi connectivity index (χ1) is 7.81. The van der Waals surface area contributed by atoms with Gasteiger partial charge in [0.1, 0.15) is 0 Å². The maximum absolute atomic E-state index is 12.0. The van der Waals surface area contributed by atoms with E-state index in [0.29, 0.717) is 17.8 Å². The standard InChI is InChI=1S/C12H20N2O2/c1-16-10-6-13-5-9(10)14-12(15)11-7-3-2-4-8(7)11/h7-11,13H,2-6H2,1H3,(H,14,15)/t7?,8?,9?,10-,11?/m0/s1. The molecule has 0 aromatic rings. The molecule has 3 aliphatic rings. The third-order valence-electron chi connectivity index (χ3n) is 4.50. The van der Waals surface area contributed by atoms with Crippen LogP contribution in [0.4, 0.5) is 0 Å². The fourth-order valence-corrected chi connectivity index (χ4v) is 3.54. The van der Waals surface area contributed by atoms with Gasteiger partial charge in [-0.25, -0.2) is 0 Å². The van der Waals surface area contributed by atoms with Gasteiger partial charge in [0.25, 0.3) is 0 Å². The van der Waals surface area contributed by atoms with Gasteiger partial charge in [-0.15, -0.1) is 0 Å². The molecule has 0 aromatic heterocycles. The molecular weight excluding hydrogens is 204 g/mol. The minimum atomic E-state index is 0.141. The Hall–Kier alpha value is -0.610. The monoisotopic (exact) mass is 224 g/mol. The van der Waals surface area contributed by atoms with Crippen molar-refractivity contribution in [2.75, 3.05) is 20.2 Å². The predicted molar refractivity (Wildman–Crippen MR) is 59.9 cm³/mol. The highest BCUT2D eigenvalue weighted by molar-refractivity contribution is 5.82. The Kier molecular flexibility index (Phi) is 2.64. The van der Waals surface area contributed by atoms with E-state index in [9.17, 15) is 4.79 Å². The number of hydrogen-bond acceptors (Lipinski definition) is 3. The van der Waals surface area contributed by atoms with E-state index in [4.69, 9.17) is 4.74 Å². The second kappa shape index (κ2) is 4.00. The minimum absolute atomic E-state index is 0.141. The normalized spacial score (nSPS) is 45.4. The van der Waals surface area contributed by atoms with Crippen LogP contribution in [0, 0.1) is 17.8 Å². The lowest BCUT2D eigenvalue weighted by Crippen LogP contribution is -2.44. The molecule has 1 heterocycles. The number of carbonyl (C=O) groups excluding carboxylic acids is 1. The van der Waals surface area contributed by atoms with E-state index in [2.05, 4.69) is 10.6 Å². The van der Waals surface area contributed by atoms with Gasteiger partial charge >= 0.3 is 0 Å². The van der Waals surface area contributed by atoms with Crippen molar-refractivity contribution in [2.45, 2.75) is 31.4 Å². The lowest BCUT2D eigenvalue weighted by atomic mass is 10.1. The zero-order valence-electron chi connectivity index (χ0n) is 9.74. The summed E-state index contributed by atoms with van der Waals surface area (Å²) in [6, 6.07) is 0.166. The number of hydrogen-bond donors (Lipinski definition) is 2. The molecule has 1 aliphatic heterocycles. The minimum Gasteiger partial charge on any atom is -0.378 e. The summed E-state index contributed by atoms with van der Waals surface area (Å²) in [6.45, 7) is 1.69. The SMILES string of the molecule is CO[C@H]1CNCC1NC(=O)C1C2CCCC21. The summed E-state index contributed by atoms with van der Waals surface area (Å²) in [7, 11) is 1.71. The topological polar surface area (TPSA) is 50.4 Å². The Morgan fingerprint density at radius 2 is 2.06 bits per heavy atom. The lowest BCUT2D eigenvalue weighted by Gasteiger charge is -2.19. The molecule has 16 heavy (non-hydrogen) atoms. The van der Waals surface area contributed by atoms with Crippen molar-refractivity contribution in [3.8, 4) is 0 Å². The molecule has 4 heteroatoms. The zero-order chi connectivity index (χ0) is 11.1. The Balaban J connectivity index is 1.53. The summed E-state index contributed by atoms with van der Waals surface area (Å²) >= 11 is 0.